The Labute approximate surface area is 177 Å². The molecule has 0 bridgehead atoms. The number of hydrogen-bond donors (Lipinski definition) is 1. The number of ether oxygens (including phenoxy) is 1. The number of nitrogens with one attached hydrogen (secondary N) is 1. The van der Waals surface area contributed by atoms with Gasteiger partial charge in [0.2, 0.25) is 5.91 Å². The highest BCUT2D eigenvalue weighted by Gasteiger charge is 2.27. The highest BCUT2D eigenvalue weighted by Crippen LogP contribution is 2.26. The van der Waals surface area contributed by atoms with E-state index in [0.29, 0.717) is 23.7 Å². The minimum atomic E-state index is -3.94. The van der Waals surface area contributed by atoms with Crippen LogP contribution in [0.1, 0.15) is 12.5 Å². The zero-order valence-corrected chi connectivity index (χ0v) is 17.7. The average molecular weight is 425 g/mol. The first kappa shape index (κ1) is 21.4. The van der Waals surface area contributed by atoms with E-state index in [1.54, 1.807) is 78.9 Å². The van der Waals surface area contributed by atoms with Crippen LogP contribution in [0.25, 0.3) is 0 Å². The Morgan fingerprint density at radius 3 is 2.23 bits per heavy atom. The molecule has 0 aliphatic rings. The van der Waals surface area contributed by atoms with Crippen LogP contribution in [0, 0.1) is 6.92 Å². The zero-order valence-electron chi connectivity index (χ0n) is 16.9. The van der Waals surface area contributed by atoms with Crippen molar-refractivity contribution in [2.45, 2.75) is 18.7 Å². The van der Waals surface area contributed by atoms with E-state index in [9.17, 15) is 13.2 Å². The van der Waals surface area contributed by atoms with Crippen LogP contribution in [-0.4, -0.2) is 27.5 Å². The number of nitrogens with zero attached hydrogens (tertiary/aromatic N) is 1. The average Bonchev–Trinajstić information content (AvgIpc) is 2.74. The lowest BCUT2D eigenvalue weighted by Gasteiger charge is -2.24. The smallest absolute Gasteiger partial charge is 0.264 e. The van der Waals surface area contributed by atoms with E-state index in [1.807, 2.05) is 13.8 Å². The third kappa shape index (κ3) is 4.99. The molecule has 0 spiro atoms. The summed E-state index contributed by atoms with van der Waals surface area (Å²) >= 11 is 0. The van der Waals surface area contributed by atoms with Crippen molar-refractivity contribution < 1.29 is 17.9 Å². The number of carbonyl (C=O) groups excluding carboxylic acids is 1. The van der Waals surface area contributed by atoms with E-state index >= 15 is 0 Å². The Balaban J connectivity index is 1.91. The third-order valence-corrected chi connectivity index (χ3v) is 6.19. The molecule has 0 saturated carbocycles. The number of carbonyl (C=O) groups is 1. The minimum absolute atomic E-state index is 0.125. The molecule has 3 aromatic carbocycles. The van der Waals surface area contributed by atoms with Gasteiger partial charge in [0.1, 0.15) is 12.3 Å². The van der Waals surface area contributed by atoms with Gasteiger partial charge in [0.05, 0.1) is 22.9 Å². The van der Waals surface area contributed by atoms with Gasteiger partial charge in [0.25, 0.3) is 10.0 Å². The molecule has 0 saturated heterocycles. The second-order valence-electron chi connectivity index (χ2n) is 6.64. The molecule has 6 nitrogen and oxygen atoms in total. The van der Waals surface area contributed by atoms with Crippen LogP contribution in [0.3, 0.4) is 0 Å². The molecule has 3 aromatic rings. The lowest BCUT2D eigenvalue weighted by atomic mass is 10.2. The molecule has 0 radical (unpaired) electrons. The fraction of sp³-hybridized carbons (Fsp3) is 0.174. The van der Waals surface area contributed by atoms with Crippen molar-refractivity contribution in [1.82, 2.24) is 0 Å². The van der Waals surface area contributed by atoms with Crippen LogP contribution in [0.5, 0.6) is 5.75 Å². The van der Waals surface area contributed by atoms with Gasteiger partial charge in [-0.25, -0.2) is 8.42 Å². The molecule has 7 heteroatoms. The van der Waals surface area contributed by atoms with E-state index in [0.717, 1.165) is 9.87 Å². The first-order valence-electron chi connectivity index (χ1n) is 9.58. The van der Waals surface area contributed by atoms with Gasteiger partial charge in [-0.15, -0.1) is 0 Å². The van der Waals surface area contributed by atoms with Gasteiger partial charge in [-0.2, -0.15) is 0 Å². The molecular formula is C23H24N2O4S. The fourth-order valence-corrected chi connectivity index (χ4v) is 4.34. The molecule has 0 heterocycles. The van der Waals surface area contributed by atoms with Gasteiger partial charge in [0.15, 0.2) is 0 Å². The van der Waals surface area contributed by atoms with Crippen molar-refractivity contribution >= 4 is 27.3 Å². The van der Waals surface area contributed by atoms with Crippen molar-refractivity contribution in [3.05, 3.63) is 84.4 Å². The summed E-state index contributed by atoms with van der Waals surface area (Å²) in [5, 5.41) is 2.76. The van der Waals surface area contributed by atoms with E-state index in [4.69, 9.17) is 4.74 Å². The number of hydrogen-bond acceptors (Lipinski definition) is 4. The first-order chi connectivity index (χ1) is 14.4. The second-order valence-corrected chi connectivity index (χ2v) is 8.50. The van der Waals surface area contributed by atoms with Crippen molar-refractivity contribution in [2.24, 2.45) is 0 Å². The standard InChI is InChI=1S/C23H24N2O4S/c1-3-29-22-12-8-7-11-21(22)24-23(26)17-25(19-9-5-4-6-10-19)30(27,28)20-15-13-18(2)14-16-20/h4-16H,3,17H2,1-2H3,(H,24,26). The topological polar surface area (TPSA) is 75.7 Å². The van der Waals surface area contributed by atoms with Gasteiger partial charge >= 0.3 is 0 Å². The number of benzene rings is 3. The predicted octanol–water partition coefficient (Wildman–Crippen LogP) is 4.23. The summed E-state index contributed by atoms with van der Waals surface area (Å²) < 4.78 is 33.3. The van der Waals surface area contributed by atoms with Crippen LogP contribution < -0.4 is 14.4 Å². The van der Waals surface area contributed by atoms with Gasteiger partial charge < -0.3 is 10.1 Å². The Bertz CT molecular complexity index is 1100. The summed E-state index contributed by atoms with van der Waals surface area (Å²) in [5.74, 6) is 0.0581. The van der Waals surface area contributed by atoms with E-state index in [1.165, 1.54) is 0 Å². The Morgan fingerprint density at radius 1 is 0.933 bits per heavy atom. The van der Waals surface area contributed by atoms with Gasteiger partial charge in [0, 0.05) is 0 Å². The summed E-state index contributed by atoms with van der Waals surface area (Å²) in [6, 6.07) is 22.2. The van der Waals surface area contributed by atoms with Crippen LogP contribution in [0.15, 0.2) is 83.8 Å². The van der Waals surface area contributed by atoms with Crippen LogP contribution in [0.4, 0.5) is 11.4 Å². The highest BCUT2D eigenvalue weighted by molar-refractivity contribution is 7.92. The summed E-state index contributed by atoms with van der Waals surface area (Å²) in [4.78, 5) is 12.9. The monoisotopic (exact) mass is 424 g/mol. The van der Waals surface area contributed by atoms with Crippen LogP contribution >= 0.6 is 0 Å². The molecule has 0 aromatic heterocycles. The molecule has 1 amide bonds. The number of para-hydroxylation sites is 3. The normalized spacial score (nSPS) is 11.0. The molecule has 1 N–H and O–H groups in total. The number of aryl methyl sites for hydroxylation is 1. The van der Waals surface area contributed by atoms with E-state index in [2.05, 4.69) is 5.32 Å². The fourth-order valence-electron chi connectivity index (χ4n) is 2.92. The third-order valence-electron chi connectivity index (χ3n) is 4.40. The van der Waals surface area contributed by atoms with E-state index in [-0.39, 0.29) is 11.4 Å². The number of rotatable bonds is 8. The molecule has 0 aliphatic heterocycles. The Kier molecular flexibility index (Phi) is 6.74. The first-order valence-corrected chi connectivity index (χ1v) is 11.0. The summed E-state index contributed by atoms with van der Waals surface area (Å²) in [7, 11) is -3.94. The van der Waals surface area contributed by atoms with Crippen LogP contribution in [0.2, 0.25) is 0 Å². The maximum Gasteiger partial charge on any atom is 0.264 e. The molecule has 0 aliphatic carbocycles. The van der Waals surface area contributed by atoms with Gasteiger partial charge in [-0.3, -0.25) is 9.10 Å². The van der Waals surface area contributed by atoms with Crippen LogP contribution in [-0.2, 0) is 14.8 Å². The Hall–Kier alpha value is -3.32. The summed E-state index contributed by atoms with van der Waals surface area (Å²) in [6.45, 7) is 3.81. The molecule has 0 fully saturated rings. The summed E-state index contributed by atoms with van der Waals surface area (Å²) in [5.41, 5.74) is 1.85. The molecular weight excluding hydrogens is 400 g/mol. The lowest BCUT2D eigenvalue weighted by molar-refractivity contribution is -0.114. The lowest BCUT2D eigenvalue weighted by Crippen LogP contribution is -2.38. The molecule has 0 atom stereocenters. The Morgan fingerprint density at radius 2 is 1.57 bits per heavy atom. The largest absolute Gasteiger partial charge is 0.492 e. The number of anilines is 2. The maximum absolute atomic E-state index is 13.3. The quantitative estimate of drug-likeness (QED) is 0.587. The highest BCUT2D eigenvalue weighted by atomic mass is 32.2. The number of sulfonamides is 1. The zero-order chi connectivity index (χ0) is 21.6. The van der Waals surface area contributed by atoms with Gasteiger partial charge in [-0.05, 0) is 50.2 Å². The van der Waals surface area contributed by atoms with Gasteiger partial charge in [-0.1, -0.05) is 48.0 Å². The molecule has 0 unspecified atom stereocenters. The summed E-state index contributed by atoms with van der Waals surface area (Å²) in [6.07, 6.45) is 0. The molecule has 156 valence electrons. The van der Waals surface area contributed by atoms with Crippen molar-refractivity contribution in [3.8, 4) is 5.75 Å². The van der Waals surface area contributed by atoms with Crippen molar-refractivity contribution in [1.29, 1.82) is 0 Å². The molecule has 30 heavy (non-hydrogen) atoms. The predicted molar refractivity (Wildman–Crippen MR) is 118 cm³/mol. The van der Waals surface area contributed by atoms with E-state index < -0.39 is 15.9 Å². The second kappa shape index (κ2) is 9.45. The minimum Gasteiger partial charge on any atom is -0.492 e. The number of amides is 1. The molecule has 3 rings (SSSR count). The van der Waals surface area contributed by atoms with Crippen molar-refractivity contribution in [3.63, 3.8) is 0 Å². The maximum atomic E-state index is 13.3. The van der Waals surface area contributed by atoms with Crippen molar-refractivity contribution in [2.75, 3.05) is 22.8 Å². The SMILES string of the molecule is CCOc1ccccc1NC(=O)CN(c1ccccc1)S(=O)(=O)c1ccc(C)cc1.